The van der Waals surface area contributed by atoms with Crippen molar-refractivity contribution in [1.29, 1.82) is 0 Å². The highest BCUT2D eigenvalue weighted by Gasteiger charge is 2.38. The lowest BCUT2D eigenvalue weighted by atomic mass is 9.82. The molecule has 0 spiro atoms. The molecule has 0 aromatic heterocycles. The molecule has 3 aliphatic rings. The van der Waals surface area contributed by atoms with Gasteiger partial charge in [0.25, 0.3) is 0 Å². The van der Waals surface area contributed by atoms with Gasteiger partial charge < -0.3 is 15.0 Å². The zero-order valence-corrected chi connectivity index (χ0v) is 30.9. The summed E-state index contributed by atoms with van der Waals surface area (Å²) in [5, 5.41) is 8.41. The fourth-order valence-electron chi connectivity index (χ4n) is 9.72. The molecule has 0 radical (unpaired) electrons. The van der Waals surface area contributed by atoms with E-state index in [1.807, 2.05) is 0 Å². The van der Waals surface area contributed by atoms with Crippen LogP contribution < -0.4 is 15.0 Å². The van der Waals surface area contributed by atoms with E-state index >= 15 is 0 Å². The first-order chi connectivity index (χ1) is 26.3. The third-order valence-corrected chi connectivity index (χ3v) is 12.5. The number of fused-ring (bicyclic) bond motifs is 12. The molecule has 54 heavy (non-hydrogen) atoms. The molecule has 1 atom stereocenters. The molecule has 0 fully saturated rings. The molecule has 8 aromatic carbocycles. The third kappa shape index (κ3) is 4.30. The molecule has 1 unspecified atom stereocenters. The van der Waals surface area contributed by atoms with Crippen molar-refractivity contribution in [3.8, 4) is 28.0 Å². The van der Waals surface area contributed by atoms with E-state index in [4.69, 9.17) is 4.74 Å². The molecule has 1 N–H and O–H groups in total. The van der Waals surface area contributed by atoms with E-state index in [1.54, 1.807) is 0 Å². The van der Waals surface area contributed by atoms with Crippen LogP contribution in [0.4, 0.5) is 22.7 Å². The van der Waals surface area contributed by atoms with Crippen LogP contribution >= 0.6 is 0 Å². The van der Waals surface area contributed by atoms with Crippen molar-refractivity contribution < 1.29 is 4.74 Å². The van der Waals surface area contributed by atoms with Crippen LogP contribution in [-0.2, 0) is 10.8 Å². The maximum atomic E-state index is 6.88. The highest BCUT2D eigenvalue weighted by atomic mass is 16.5. The predicted octanol–water partition coefficient (Wildman–Crippen LogP) is 13.6. The Kier molecular flexibility index (Phi) is 6.42. The van der Waals surface area contributed by atoms with Gasteiger partial charge in [0.15, 0.2) is 12.0 Å². The summed E-state index contributed by atoms with van der Waals surface area (Å²) in [6.45, 7) is 9.44. The van der Waals surface area contributed by atoms with Crippen LogP contribution in [0.5, 0.6) is 5.75 Å². The third-order valence-electron chi connectivity index (χ3n) is 12.5. The first kappa shape index (κ1) is 31.2. The fraction of sp³-hybridized carbons (Fsp3) is 0.137. The number of hydrogen-bond acceptors (Lipinski definition) is 3. The quantitative estimate of drug-likeness (QED) is 0.185. The molecule has 2 aliphatic carbocycles. The molecule has 0 saturated carbocycles. The molecule has 3 nitrogen and oxygen atoms in total. The number of ether oxygens (including phenoxy) is 1. The van der Waals surface area contributed by atoms with Crippen LogP contribution in [0, 0.1) is 0 Å². The Morgan fingerprint density at radius 2 is 0.926 bits per heavy atom. The molecular weight excluding hydrogens is 657 g/mol. The van der Waals surface area contributed by atoms with Crippen LogP contribution in [0.3, 0.4) is 0 Å². The zero-order valence-electron chi connectivity index (χ0n) is 30.9. The highest BCUT2D eigenvalue weighted by molar-refractivity contribution is 6.18. The van der Waals surface area contributed by atoms with Gasteiger partial charge in [-0.2, -0.15) is 0 Å². The first-order valence-corrected chi connectivity index (χ1v) is 19.0. The van der Waals surface area contributed by atoms with Crippen molar-refractivity contribution in [2.45, 2.75) is 44.8 Å². The SMILES string of the molecule is CC1(C)c2ccccc2-c2ccc(N(c3ccc4c(c3)C(C)(C)c3ccccc3-4)c3ccc4c(c3)c3c(c5ccccc54)NC(c4ccccc4)O3)cc21. The summed E-state index contributed by atoms with van der Waals surface area (Å²) in [6.07, 6.45) is -0.267. The Morgan fingerprint density at radius 3 is 1.56 bits per heavy atom. The molecular formula is C51H40N2O. The van der Waals surface area contributed by atoms with Crippen molar-refractivity contribution in [1.82, 2.24) is 0 Å². The Morgan fingerprint density at radius 1 is 0.444 bits per heavy atom. The van der Waals surface area contributed by atoms with E-state index in [0.717, 1.165) is 39.4 Å². The fourth-order valence-corrected chi connectivity index (χ4v) is 9.72. The highest BCUT2D eigenvalue weighted by Crippen LogP contribution is 2.54. The van der Waals surface area contributed by atoms with Gasteiger partial charge in [0.05, 0.1) is 5.69 Å². The summed E-state index contributed by atoms with van der Waals surface area (Å²) in [6, 6.07) is 58.0. The van der Waals surface area contributed by atoms with Crippen molar-refractivity contribution in [2.75, 3.05) is 10.2 Å². The lowest BCUT2D eigenvalue weighted by Gasteiger charge is -2.30. The van der Waals surface area contributed by atoms with E-state index in [2.05, 4.69) is 196 Å². The lowest BCUT2D eigenvalue weighted by Crippen LogP contribution is -2.18. The number of anilines is 4. The summed E-state index contributed by atoms with van der Waals surface area (Å²) in [4.78, 5) is 2.46. The van der Waals surface area contributed by atoms with E-state index in [0.29, 0.717) is 0 Å². The van der Waals surface area contributed by atoms with Gasteiger partial charge in [0.1, 0.15) is 0 Å². The minimum Gasteiger partial charge on any atom is -0.464 e. The normalized spacial score (nSPS) is 16.6. The second kappa shape index (κ2) is 11.1. The molecule has 8 aromatic rings. The monoisotopic (exact) mass is 696 g/mol. The molecule has 11 rings (SSSR count). The van der Waals surface area contributed by atoms with Crippen LogP contribution in [0.15, 0.2) is 158 Å². The Bertz CT molecular complexity index is 2740. The average molecular weight is 697 g/mol. The van der Waals surface area contributed by atoms with Crippen molar-refractivity contribution in [3.63, 3.8) is 0 Å². The molecule has 0 saturated heterocycles. The van der Waals surface area contributed by atoms with E-state index in [1.165, 1.54) is 60.7 Å². The van der Waals surface area contributed by atoms with Crippen LogP contribution in [-0.4, -0.2) is 0 Å². The second-order valence-electron chi connectivity index (χ2n) is 16.2. The summed E-state index contributed by atoms with van der Waals surface area (Å²) >= 11 is 0. The summed E-state index contributed by atoms with van der Waals surface area (Å²) in [5.74, 6) is 0.899. The van der Waals surface area contributed by atoms with Crippen molar-refractivity contribution in [3.05, 3.63) is 186 Å². The summed E-state index contributed by atoms with van der Waals surface area (Å²) < 4.78 is 6.88. The zero-order chi connectivity index (χ0) is 36.3. The Labute approximate surface area is 316 Å². The molecule has 3 heteroatoms. The van der Waals surface area contributed by atoms with Gasteiger partial charge in [-0.15, -0.1) is 0 Å². The average Bonchev–Trinajstić information content (AvgIpc) is 3.83. The molecule has 260 valence electrons. The molecule has 0 amide bonds. The van der Waals surface area contributed by atoms with E-state index in [-0.39, 0.29) is 17.1 Å². The van der Waals surface area contributed by atoms with Gasteiger partial charge in [-0.05, 0) is 91.7 Å². The molecule has 1 heterocycles. The maximum absolute atomic E-state index is 6.88. The minimum absolute atomic E-state index is 0.121. The largest absolute Gasteiger partial charge is 0.464 e. The Hall–Kier alpha value is -6.32. The van der Waals surface area contributed by atoms with Crippen molar-refractivity contribution in [2.24, 2.45) is 0 Å². The van der Waals surface area contributed by atoms with Crippen LogP contribution in [0.25, 0.3) is 43.8 Å². The number of benzene rings is 8. The van der Waals surface area contributed by atoms with Gasteiger partial charge in [-0.25, -0.2) is 0 Å². The predicted molar refractivity (Wildman–Crippen MR) is 225 cm³/mol. The van der Waals surface area contributed by atoms with Gasteiger partial charge in [0.2, 0.25) is 0 Å². The Balaban J connectivity index is 1.14. The van der Waals surface area contributed by atoms with Gasteiger partial charge in [-0.1, -0.05) is 149 Å². The standard InChI is InChI=1S/C51H40N2O/c1-50(2)43-20-12-10-17-37(43)39-26-23-33(29-45(39)50)53(34-24-27-40-38-18-11-13-21-44(38)51(3,4)46(40)30-34)32-22-25-36-35-16-8-9-19-41(35)47-48(42(36)28-32)54-49(52-47)31-14-6-5-7-15-31/h5-30,49,52H,1-4H3. The van der Waals surface area contributed by atoms with Gasteiger partial charge in [-0.3, -0.25) is 0 Å². The summed E-state index contributed by atoms with van der Waals surface area (Å²) in [7, 11) is 0. The van der Waals surface area contributed by atoms with Gasteiger partial charge in [0, 0.05) is 44.2 Å². The lowest BCUT2D eigenvalue weighted by molar-refractivity contribution is 0.262. The number of rotatable bonds is 4. The topological polar surface area (TPSA) is 24.5 Å². The van der Waals surface area contributed by atoms with E-state index in [9.17, 15) is 0 Å². The molecule has 0 bridgehead atoms. The number of nitrogens with one attached hydrogen (secondary N) is 1. The van der Waals surface area contributed by atoms with Crippen LogP contribution in [0.1, 0.15) is 61.7 Å². The van der Waals surface area contributed by atoms with E-state index < -0.39 is 0 Å². The minimum atomic E-state index is -0.267. The van der Waals surface area contributed by atoms with Gasteiger partial charge >= 0.3 is 0 Å². The van der Waals surface area contributed by atoms with Crippen LogP contribution in [0.2, 0.25) is 0 Å². The molecule has 1 aliphatic heterocycles. The maximum Gasteiger partial charge on any atom is 0.196 e. The first-order valence-electron chi connectivity index (χ1n) is 19.0. The van der Waals surface area contributed by atoms with Crippen molar-refractivity contribution >= 4 is 44.3 Å². The second-order valence-corrected chi connectivity index (χ2v) is 16.2. The smallest absolute Gasteiger partial charge is 0.196 e. The number of nitrogens with zero attached hydrogens (tertiary/aromatic N) is 1. The number of hydrogen-bond donors (Lipinski definition) is 1. The summed E-state index contributed by atoms with van der Waals surface area (Å²) in [5.41, 5.74) is 16.0.